The molecule has 1 fully saturated rings. The van der Waals surface area contributed by atoms with Crippen LogP contribution in [0.25, 0.3) is 33.2 Å². The molecule has 5 aromatic rings. The average Bonchev–Trinajstić information content (AvgIpc) is 3.67. The number of rotatable bonds is 6. The van der Waals surface area contributed by atoms with Gasteiger partial charge in [-0.05, 0) is 65.3 Å². The number of hydrogen-bond donors (Lipinski definition) is 2. The van der Waals surface area contributed by atoms with E-state index in [4.69, 9.17) is 0 Å². The van der Waals surface area contributed by atoms with Crippen molar-refractivity contribution >= 4 is 28.4 Å². The minimum atomic E-state index is -0.972. The normalized spacial score (nSPS) is 13.2. The van der Waals surface area contributed by atoms with Gasteiger partial charge >= 0.3 is 5.97 Å². The van der Waals surface area contributed by atoms with Crippen molar-refractivity contribution in [1.82, 2.24) is 9.55 Å². The maximum atomic E-state index is 12.0. The highest BCUT2D eigenvalue weighted by atomic mass is 16.4. The summed E-state index contributed by atoms with van der Waals surface area (Å²) in [4.78, 5) is 16.5. The first kappa shape index (κ1) is 21.2. The molecule has 35 heavy (non-hydrogen) atoms. The summed E-state index contributed by atoms with van der Waals surface area (Å²) in [5.74, 6) is -0.164. The molecule has 1 aliphatic carbocycles. The number of anilines is 2. The largest absolute Gasteiger partial charge is 0.478 e. The van der Waals surface area contributed by atoms with Crippen LogP contribution in [0.2, 0.25) is 0 Å². The second-order valence-corrected chi connectivity index (χ2v) is 9.20. The van der Waals surface area contributed by atoms with Crippen molar-refractivity contribution in [2.75, 3.05) is 5.32 Å². The fraction of sp³-hybridized carbons (Fsp3) is 0.133. The van der Waals surface area contributed by atoms with Crippen molar-refractivity contribution in [3.63, 3.8) is 0 Å². The van der Waals surface area contributed by atoms with E-state index < -0.39 is 5.97 Å². The quantitative estimate of drug-likeness (QED) is 0.281. The minimum absolute atomic E-state index is 0.205. The van der Waals surface area contributed by atoms with Crippen molar-refractivity contribution in [3.05, 3.63) is 102 Å². The summed E-state index contributed by atoms with van der Waals surface area (Å²) in [5, 5.41) is 14.2. The number of fused-ring (bicyclic) bond motifs is 1. The fourth-order valence-corrected chi connectivity index (χ4v) is 4.73. The molecule has 1 aliphatic rings. The number of aromatic nitrogens is 2. The van der Waals surface area contributed by atoms with Gasteiger partial charge in [0.15, 0.2) is 0 Å². The summed E-state index contributed by atoms with van der Waals surface area (Å²) in [6.07, 6.45) is 6.05. The van der Waals surface area contributed by atoms with E-state index in [1.54, 1.807) is 12.3 Å². The van der Waals surface area contributed by atoms with Crippen molar-refractivity contribution in [2.45, 2.75) is 18.8 Å². The monoisotopic (exact) mass is 459 g/mol. The Labute approximate surface area is 203 Å². The van der Waals surface area contributed by atoms with Gasteiger partial charge in [0.1, 0.15) is 11.4 Å². The molecule has 3 aromatic carbocycles. The number of aryl methyl sites for hydroxylation is 1. The predicted octanol–water partition coefficient (Wildman–Crippen LogP) is 7.23. The van der Waals surface area contributed by atoms with Crippen molar-refractivity contribution < 1.29 is 9.90 Å². The summed E-state index contributed by atoms with van der Waals surface area (Å²) in [6, 6.07) is 26.8. The van der Waals surface area contributed by atoms with Crippen LogP contribution in [0.5, 0.6) is 0 Å². The lowest BCUT2D eigenvalue weighted by Gasteiger charge is -2.14. The zero-order valence-corrected chi connectivity index (χ0v) is 19.4. The Morgan fingerprint density at radius 3 is 2.37 bits per heavy atom. The van der Waals surface area contributed by atoms with Gasteiger partial charge in [0.25, 0.3) is 0 Å². The van der Waals surface area contributed by atoms with Gasteiger partial charge in [0, 0.05) is 36.1 Å². The smallest absolute Gasteiger partial charge is 0.339 e. The SMILES string of the molecule is Cn1ccc2cc(Nc3ncc(C4CC4)cc3C(=O)O)cc(-c3ccc(-c4ccccc4)cc3)c21. The van der Waals surface area contributed by atoms with E-state index in [-0.39, 0.29) is 5.56 Å². The van der Waals surface area contributed by atoms with E-state index in [9.17, 15) is 9.90 Å². The highest BCUT2D eigenvalue weighted by molar-refractivity contribution is 5.99. The molecule has 5 heteroatoms. The first-order valence-electron chi connectivity index (χ1n) is 11.8. The second-order valence-electron chi connectivity index (χ2n) is 9.20. The minimum Gasteiger partial charge on any atom is -0.478 e. The molecular formula is C30H25N3O2. The maximum absolute atomic E-state index is 12.0. The molecule has 0 aliphatic heterocycles. The lowest BCUT2D eigenvalue weighted by atomic mass is 9.98. The molecule has 0 amide bonds. The summed E-state index contributed by atoms with van der Waals surface area (Å²) in [5.41, 5.74) is 7.65. The molecule has 0 atom stereocenters. The van der Waals surface area contributed by atoms with E-state index >= 15 is 0 Å². The Bertz CT molecular complexity index is 1550. The van der Waals surface area contributed by atoms with Crippen LogP contribution in [-0.4, -0.2) is 20.6 Å². The first-order chi connectivity index (χ1) is 17.1. The highest BCUT2D eigenvalue weighted by Gasteiger charge is 2.26. The third-order valence-corrected chi connectivity index (χ3v) is 6.72. The van der Waals surface area contributed by atoms with Crippen LogP contribution in [-0.2, 0) is 7.05 Å². The third-order valence-electron chi connectivity index (χ3n) is 6.72. The number of nitrogens with one attached hydrogen (secondary N) is 1. The molecular weight excluding hydrogens is 434 g/mol. The van der Waals surface area contributed by atoms with Crippen LogP contribution in [0.15, 0.2) is 91.3 Å². The van der Waals surface area contributed by atoms with Crippen molar-refractivity contribution in [1.29, 1.82) is 0 Å². The number of aromatic carboxylic acids is 1. The van der Waals surface area contributed by atoms with Gasteiger partial charge in [0.2, 0.25) is 0 Å². The van der Waals surface area contributed by atoms with Gasteiger partial charge in [-0.1, -0.05) is 54.6 Å². The molecule has 5 nitrogen and oxygen atoms in total. The second kappa shape index (κ2) is 8.44. The van der Waals surface area contributed by atoms with Gasteiger partial charge in [-0.25, -0.2) is 9.78 Å². The van der Waals surface area contributed by atoms with Crippen LogP contribution in [0.4, 0.5) is 11.5 Å². The molecule has 2 aromatic heterocycles. The highest BCUT2D eigenvalue weighted by Crippen LogP contribution is 2.41. The number of nitrogens with zero attached hydrogens (tertiary/aromatic N) is 2. The first-order valence-corrected chi connectivity index (χ1v) is 11.8. The number of carbonyl (C=O) groups is 1. The zero-order valence-electron chi connectivity index (χ0n) is 19.4. The number of carboxylic acid groups (broad SMARTS) is 1. The molecule has 1 saturated carbocycles. The lowest BCUT2D eigenvalue weighted by Crippen LogP contribution is -2.06. The zero-order chi connectivity index (χ0) is 23.9. The number of carboxylic acids is 1. The fourth-order valence-electron chi connectivity index (χ4n) is 4.73. The van der Waals surface area contributed by atoms with Crippen molar-refractivity contribution in [2.24, 2.45) is 7.05 Å². The van der Waals surface area contributed by atoms with E-state index in [0.717, 1.165) is 51.7 Å². The third kappa shape index (κ3) is 4.06. The van der Waals surface area contributed by atoms with Crippen LogP contribution in [0.3, 0.4) is 0 Å². The van der Waals surface area contributed by atoms with E-state index in [0.29, 0.717) is 11.7 Å². The number of benzene rings is 3. The molecule has 172 valence electrons. The number of pyridine rings is 1. The molecule has 0 radical (unpaired) electrons. The van der Waals surface area contributed by atoms with E-state index in [1.807, 2.05) is 37.5 Å². The molecule has 2 heterocycles. The van der Waals surface area contributed by atoms with Crippen LogP contribution in [0.1, 0.15) is 34.7 Å². The Kier molecular flexibility index (Phi) is 5.10. The Hall–Kier alpha value is -4.38. The van der Waals surface area contributed by atoms with Gasteiger partial charge in [0.05, 0.1) is 5.52 Å². The summed E-state index contributed by atoms with van der Waals surface area (Å²) in [6.45, 7) is 0. The molecule has 2 N–H and O–H groups in total. The molecule has 0 spiro atoms. The topological polar surface area (TPSA) is 67.2 Å². The molecule has 0 unspecified atom stereocenters. The van der Waals surface area contributed by atoms with Gasteiger partial charge in [-0.15, -0.1) is 0 Å². The summed E-state index contributed by atoms with van der Waals surface area (Å²) < 4.78 is 2.12. The predicted molar refractivity (Wildman–Crippen MR) is 140 cm³/mol. The maximum Gasteiger partial charge on any atom is 0.339 e. The Morgan fingerprint density at radius 2 is 1.66 bits per heavy atom. The standard InChI is InChI=1S/C30H25N3O2/c1-33-14-13-23-15-25(32-29-27(30(34)35)16-24(18-31-29)21-7-8-21)17-26(28(23)33)22-11-9-20(10-12-22)19-5-3-2-4-6-19/h2-6,9-18,21H,7-8H2,1H3,(H,31,32)(H,34,35). The van der Waals surface area contributed by atoms with Crippen LogP contribution < -0.4 is 5.32 Å². The van der Waals surface area contributed by atoms with Gasteiger partial charge < -0.3 is 15.0 Å². The Balaban J connectivity index is 1.40. The van der Waals surface area contributed by atoms with Gasteiger partial charge in [-0.2, -0.15) is 0 Å². The van der Waals surface area contributed by atoms with Crippen molar-refractivity contribution in [3.8, 4) is 22.3 Å². The van der Waals surface area contributed by atoms with Crippen LogP contribution >= 0.6 is 0 Å². The van der Waals surface area contributed by atoms with E-state index in [2.05, 4.69) is 63.4 Å². The average molecular weight is 460 g/mol. The van der Waals surface area contributed by atoms with E-state index in [1.165, 1.54) is 5.56 Å². The van der Waals surface area contributed by atoms with Gasteiger partial charge in [-0.3, -0.25) is 0 Å². The molecule has 0 saturated heterocycles. The summed E-state index contributed by atoms with van der Waals surface area (Å²) in [7, 11) is 2.04. The number of hydrogen-bond acceptors (Lipinski definition) is 3. The molecule has 6 rings (SSSR count). The Morgan fingerprint density at radius 1 is 0.943 bits per heavy atom. The van der Waals surface area contributed by atoms with Crippen LogP contribution in [0, 0.1) is 0 Å². The summed E-state index contributed by atoms with van der Waals surface area (Å²) >= 11 is 0. The molecule has 0 bridgehead atoms. The lowest BCUT2D eigenvalue weighted by molar-refractivity contribution is 0.0697.